The third-order valence-electron chi connectivity index (χ3n) is 4.26. The second-order valence-electron chi connectivity index (χ2n) is 5.45. The minimum atomic E-state index is 0.444. The van der Waals surface area contributed by atoms with Crippen LogP contribution in [0.5, 0.6) is 0 Å². The first kappa shape index (κ1) is 12.7. The van der Waals surface area contributed by atoms with Crippen LogP contribution < -0.4 is 5.32 Å². The smallest absolute Gasteiger partial charge is 0.255 e. The molecule has 0 radical (unpaired) electrons. The monoisotopic (exact) mass is 279 g/mol. The number of rotatable bonds is 2. The molecule has 1 saturated carbocycles. The van der Waals surface area contributed by atoms with Gasteiger partial charge in [-0.3, -0.25) is 0 Å². The van der Waals surface area contributed by atoms with Gasteiger partial charge in [-0.1, -0.05) is 38.3 Å². The van der Waals surface area contributed by atoms with E-state index < -0.39 is 0 Å². The van der Waals surface area contributed by atoms with Crippen molar-refractivity contribution < 1.29 is 0 Å². The van der Waals surface area contributed by atoms with Gasteiger partial charge in [-0.25, -0.2) is 0 Å². The van der Waals surface area contributed by atoms with Crippen LogP contribution in [0, 0.1) is 11.8 Å². The van der Waals surface area contributed by atoms with Crippen molar-refractivity contribution in [2.45, 2.75) is 39.2 Å². The predicted octanol–water partition coefficient (Wildman–Crippen LogP) is 3.01. The van der Waals surface area contributed by atoms with Crippen LogP contribution in [-0.2, 0) is 0 Å². The molecule has 0 aliphatic heterocycles. The summed E-state index contributed by atoms with van der Waals surface area (Å²) in [6.07, 6.45) is 5.26. The Balaban J connectivity index is 1.90. The fourth-order valence-corrected chi connectivity index (χ4v) is 3.04. The van der Waals surface area contributed by atoms with Gasteiger partial charge >= 0.3 is 0 Å². The zero-order valence-corrected chi connectivity index (χ0v) is 11.9. The maximum Gasteiger partial charge on any atom is 0.255 e. The Morgan fingerprint density at radius 1 is 1.37 bits per heavy atom. The Morgan fingerprint density at radius 3 is 3.05 bits per heavy atom. The highest BCUT2D eigenvalue weighted by molar-refractivity contribution is 6.29. The summed E-state index contributed by atoms with van der Waals surface area (Å²) in [5.41, 5.74) is 0. The zero-order chi connectivity index (χ0) is 13.4. The van der Waals surface area contributed by atoms with Gasteiger partial charge in [0.25, 0.3) is 5.78 Å². The van der Waals surface area contributed by atoms with Gasteiger partial charge in [0.15, 0.2) is 0 Å². The SMILES string of the molecule is CC1CCCC(Nc2cc(Cl)nc3ncnn23)C1C. The molecule has 1 aliphatic rings. The molecule has 1 aliphatic carbocycles. The van der Waals surface area contributed by atoms with E-state index in [0.717, 1.165) is 11.7 Å². The summed E-state index contributed by atoms with van der Waals surface area (Å²) in [7, 11) is 0. The molecule has 2 aromatic rings. The molecular weight excluding hydrogens is 262 g/mol. The van der Waals surface area contributed by atoms with Crippen molar-refractivity contribution in [1.29, 1.82) is 0 Å². The molecule has 19 heavy (non-hydrogen) atoms. The minimum absolute atomic E-state index is 0.444. The number of fused-ring (bicyclic) bond motifs is 1. The van der Waals surface area contributed by atoms with Gasteiger partial charge in [0.1, 0.15) is 17.3 Å². The lowest BCUT2D eigenvalue weighted by molar-refractivity contribution is 0.252. The van der Waals surface area contributed by atoms with Crippen molar-refractivity contribution in [3.8, 4) is 0 Å². The number of anilines is 1. The summed E-state index contributed by atoms with van der Waals surface area (Å²) in [6, 6.07) is 2.27. The summed E-state index contributed by atoms with van der Waals surface area (Å²) >= 11 is 6.03. The summed E-state index contributed by atoms with van der Waals surface area (Å²) in [6.45, 7) is 4.63. The van der Waals surface area contributed by atoms with E-state index >= 15 is 0 Å². The number of halogens is 1. The molecule has 2 aromatic heterocycles. The molecule has 3 rings (SSSR count). The molecule has 0 spiro atoms. The third kappa shape index (κ3) is 2.39. The Labute approximate surface area is 117 Å². The molecule has 5 nitrogen and oxygen atoms in total. The summed E-state index contributed by atoms with van der Waals surface area (Å²) < 4.78 is 1.71. The maximum absolute atomic E-state index is 6.03. The van der Waals surface area contributed by atoms with Crippen LogP contribution in [0.15, 0.2) is 12.4 Å². The van der Waals surface area contributed by atoms with Crippen LogP contribution in [0.3, 0.4) is 0 Å². The summed E-state index contributed by atoms with van der Waals surface area (Å²) in [5, 5.41) is 8.20. The molecule has 1 fully saturated rings. The first-order valence-corrected chi connectivity index (χ1v) is 7.16. The number of hydrogen-bond donors (Lipinski definition) is 1. The van der Waals surface area contributed by atoms with Crippen molar-refractivity contribution in [3.05, 3.63) is 17.5 Å². The van der Waals surface area contributed by atoms with Crippen LogP contribution in [0.25, 0.3) is 5.78 Å². The number of hydrogen-bond acceptors (Lipinski definition) is 4. The third-order valence-corrected chi connectivity index (χ3v) is 4.45. The molecule has 3 atom stereocenters. The van der Waals surface area contributed by atoms with Gasteiger partial charge in [0.2, 0.25) is 0 Å². The Bertz CT molecular complexity index is 581. The van der Waals surface area contributed by atoms with Crippen molar-refractivity contribution in [2.75, 3.05) is 5.32 Å². The molecular formula is C13H18ClN5. The molecule has 102 valence electrons. The van der Waals surface area contributed by atoms with Crippen molar-refractivity contribution in [1.82, 2.24) is 19.6 Å². The van der Waals surface area contributed by atoms with E-state index in [1.54, 1.807) is 4.52 Å². The highest BCUT2D eigenvalue weighted by atomic mass is 35.5. The lowest BCUT2D eigenvalue weighted by Gasteiger charge is -2.35. The van der Waals surface area contributed by atoms with Gasteiger partial charge in [-0.05, 0) is 18.3 Å². The molecule has 2 heterocycles. The predicted molar refractivity (Wildman–Crippen MR) is 75.4 cm³/mol. The van der Waals surface area contributed by atoms with Crippen molar-refractivity contribution in [2.24, 2.45) is 11.8 Å². The first-order chi connectivity index (χ1) is 9.15. The van der Waals surface area contributed by atoms with Crippen LogP contribution in [0.2, 0.25) is 5.15 Å². The number of nitrogens with one attached hydrogen (secondary N) is 1. The van der Waals surface area contributed by atoms with Crippen molar-refractivity contribution >= 4 is 23.2 Å². The van der Waals surface area contributed by atoms with Gasteiger partial charge in [0.05, 0.1) is 0 Å². The molecule has 0 bridgehead atoms. The Kier molecular flexibility index (Phi) is 3.31. The van der Waals surface area contributed by atoms with Crippen molar-refractivity contribution in [3.63, 3.8) is 0 Å². The average molecular weight is 280 g/mol. The zero-order valence-electron chi connectivity index (χ0n) is 11.2. The fraction of sp³-hybridized carbons (Fsp3) is 0.615. The van der Waals surface area contributed by atoms with E-state index in [2.05, 4.69) is 34.2 Å². The van der Waals surface area contributed by atoms with Crippen LogP contribution in [0.1, 0.15) is 33.1 Å². The lowest BCUT2D eigenvalue weighted by Crippen LogP contribution is -2.35. The standard InChI is InChI=1S/C13H18ClN5/c1-8-4-3-5-10(9(8)2)17-12-6-11(14)18-13-15-7-16-19(12)13/h6-10,17H,3-5H2,1-2H3. The van der Waals surface area contributed by atoms with E-state index in [4.69, 9.17) is 11.6 Å². The summed E-state index contributed by atoms with van der Waals surface area (Å²) in [4.78, 5) is 8.22. The Hall–Kier alpha value is -1.36. The maximum atomic E-state index is 6.03. The van der Waals surface area contributed by atoms with E-state index in [-0.39, 0.29) is 0 Å². The molecule has 0 saturated heterocycles. The van der Waals surface area contributed by atoms with Crippen LogP contribution >= 0.6 is 11.6 Å². The van der Waals surface area contributed by atoms with Crippen LogP contribution in [0.4, 0.5) is 5.82 Å². The van der Waals surface area contributed by atoms with Gasteiger partial charge < -0.3 is 5.32 Å². The largest absolute Gasteiger partial charge is 0.367 e. The molecule has 6 heteroatoms. The van der Waals surface area contributed by atoms with Crippen LogP contribution in [-0.4, -0.2) is 25.6 Å². The average Bonchev–Trinajstić information content (AvgIpc) is 2.83. The Morgan fingerprint density at radius 2 is 2.21 bits per heavy atom. The van der Waals surface area contributed by atoms with Gasteiger partial charge in [-0.15, -0.1) is 0 Å². The van der Waals surface area contributed by atoms with Gasteiger partial charge in [-0.2, -0.15) is 19.6 Å². The topological polar surface area (TPSA) is 55.1 Å². The molecule has 1 N–H and O–H groups in total. The second kappa shape index (κ2) is 4.96. The molecule has 0 amide bonds. The fourth-order valence-electron chi connectivity index (χ4n) is 2.86. The van der Waals surface area contributed by atoms with Gasteiger partial charge in [0, 0.05) is 12.1 Å². The molecule has 3 unspecified atom stereocenters. The first-order valence-electron chi connectivity index (χ1n) is 6.78. The van der Waals surface area contributed by atoms with E-state index in [1.807, 2.05) is 6.07 Å². The second-order valence-corrected chi connectivity index (χ2v) is 5.84. The van der Waals surface area contributed by atoms with E-state index in [9.17, 15) is 0 Å². The molecule has 0 aromatic carbocycles. The highest BCUT2D eigenvalue weighted by Crippen LogP contribution is 2.31. The number of nitrogens with zero attached hydrogens (tertiary/aromatic N) is 4. The highest BCUT2D eigenvalue weighted by Gasteiger charge is 2.27. The van der Waals surface area contributed by atoms with E-state index in [1.165, 1.54) is 25.6 Å². The van der Waals surface area contributed by atoms with E-state index in [0.29, 0.717) is 22.9 Å². The lowest BCUT2D eigenvalue weighted by atomic mass is 9.78. The number of aromatic nitrogens is 4. The quantitative estimate of drug-likeness (QED) is 0.859. The minimum Gasteiger partial charge on any atom is -0.367 e. The summed E-state index contributed by atoms with van der Waals surface area (Å²) in [5.74, 6) is 2.79. The normalized spacial score (nSPS) is 27.6.